The maximum absolute atomic E-state index is 5.91. The molecule has 2 N–H and O–H groups in total. The molecule has 0 aliphatic carbocycles. The Bertz CT molecular complexity index is 597. The zero-order valence-electron chi connectivity index (χ0n) is 13.9. The summed E-state index contributed by atoms with van der Waals surface area (Å²) in [6, 6.07) is 15.1. The molecule has 1 unspecified atom stereocenters. The van der Waals surface area contributed by atoms with Crippen LogP contribution in [0.4, 0.5) is 11.5 Å². The monoisotopic (exact) mass is 310 g/mol. The summed E-state index contributed by atoms with van der Waals surface area (Å²) >= 11 is 0. The van der Waals surface area contributed by atoms with Gasteiger partial charge in [-0.05, 0) is 43.1 Å². The Hall–Kier alpha value is -1.91. The molecule has 0 bridgehead atoms. The van der Waals surface area contributed by atoms with Crippen molar-refractivity contribution in [1.82, 2.24) is 9.88 Å². The van der Waals surface area contributed by atoms with E-state index < -0.39 is 0 Å². The summed E-state index contributed by atoms with van der Waals surface area (Å²) < 4.78 is 0. The van der Waals surface area contributed by atoms with Crippen molar-refractivity contribution < 1.29 is 0 Å². The average Bonchev–Trinajstić information content (AvgIpc) is 2.63. The van der Waals surface area contributed by atoms with E-state index in [1.54, 1.807) is 0 Å². The molecule has 23 heavy (non-hydrogen) atoms. The average molecular weight is 310 g/mol. The number of piperidine rings is 1. The van der Waals surface area contributed by atoms with Gasteiger partial charge in [0.25, 0.3) is 0 Å². The summed E-state index contributed by atoms with van der Waals surface area (Å²) in [7, 11) is 2.05. The van der Waals surface area contributed by atoms with Crippen LogP contribution >= 0.6 is 0 Å². The zero-order valence-corrected chi connectivity index (χ0v) is 13.9. The van der Waals surface area contributed by atoms with Crippen molar-refractivity contribution in [2.75, 3.05) is 25.0 Å². The molecule has 122 valence electrons. The third-order valence-electron chi connectivity index (χ3n) is 4.70. The van der Waals surface area contributed by atoms with Crippen LogP contribution in [0.2, 0.25) is 0 Å². The molecule has 1 aromatic heterocycles. The number of likely N-dealkylation sites (tertiary alicyclic amines) is 1. The van der Waals surface area contributed by atoms with Crippen LogP contribution in [0.1, 0.15) is 24.8 Å². The lowest BCUT2D eigenvalue weighted by Crippen LogP contribution is -2.43. The Morgan fingerprint density at radius 2 is 2.00 bits per heavy atom. The van der Waals surface area contributed by atoms with Crippen LogP contribution in [-0.2, 0) is 6.54 Å². The summed E-state index contributed by atoms with van der Waals surface area (Å²) in [5, 5.41) is 0. The number of nitrogens with zero attached hydrogens (tertiary/aromatic N) is 3. The first-order chi connectivity index (χ1) is 11.3. The Balaban J connectivity index is 1.67. The van der Waals surface area contributed by atoms with Gasteiger partial charge in [-0.25, -0.2) is 4.98 Å². The van der Waals surface area contributed by atoms with E-state index >= 15 is 0 Å². The number of nitrogens with two attached hydrogens (primary N) is 1. The van der Waals surface area contributed by atoms with Gasteiger partial charge in [-0.3, -0.25) is 4.90 Å². The van der Waals surface area contributed by atoms with Crippen LogP contribution in [0.5, 0.6) is 0 Å². The fourth-order valence-corrected chi connectivity index (χ4v) is 3.26. The highest BCUT2D eigenvalue weighted by Gasteiger charge is 2.21. The summed E-state index contributed by atoms with van der Waals surface area (Å²) in [5.41, 5.74) is 8.32. The van der Waals surface area contributed by atoms with Gasteiger partial charge in [0.2, 0.25) is 0 Å². The number of anilines is 2. The van der Waals surface area contributed by atoms with E-state index in [1.165, 1.54) is 24.8 Å². The third kappa shape index (κ3) is 3.89. The molecule has 1 fully saturated rings. The van der Waals surface area contributed by atoms with E-state index in [1.807, 2.05) is 31.4 Å². The van der Waals surface area contributed by atoms with Crippen LogP contribution in [-0.4, -0.2) is 36.1 Å². The second kappa shape index (κ2) is 7.57. The van der Waals surface area contributed by atoms with Crippen LogP contribution in [0.25, 0.3) is 0 Å². The Morgan fingerprint density at radius 3 is 2.70 bits per heavy atom. The molecule has 3 rings (SSSR count). The van der Waals surface area contributed by atoms with Crippen LogP contribution in [0.15, 0.2) is 48.7 Å². The van der Waals surface area contributed by atoms with E-state index in [4.69, 9.17) is 5.73 Å². The number of pyridine rings is 1. The van der Waals surface area contributed by atoms with Gasteiger partial charge in [0, 0.05) is 38.1 Å². The molecule has 1 aliphatic heterocycles. The summed E-state index contributed by atoms with van der Waals surface area (Å²) in [4.78, 5) is 9.24. The zero-order chi connectivity index (χ0) is 16.1. The van der Waals surface area contributed by atoms with Gasteiger partial charge in [-0.1, -0.05) is 30.7 Å². The second-order valence-electron chi connectivity index (χ2n) is 6.27. The van der Waals surface area contributed by atoms with Crippen molar-refractivity contribution in [3.05, 3.63) is 54.2 Å². The fourth-order valence-electron chi connectivity index (χ4n) is 3.26. The first kappa shape index (κ1) is 16.0. The lowest BCUT2D eigenvalue weighted by Gasteiger charge is -2.35. The minimum absolute atomic E-state index is 0.524. The Morgan fingerprint density at radius 1 is 1.17 bits per heavy atom. The van der Waals surface area contributed by atoms with E-state index in [0.717, 1.165) is 31.1 Å². The maximum Gasteiger partial charge on any atom is 0.132 e. The van der Waals surface area contributed by atoms with Crippen LogP contribution in [0, 0.1) is 0 Å². The molecule has 4 heteroatoms. The lowest BCUT2D eigenvalue weighted by atomic mass is 10.0. The summed E-state index contributed by atoms with van der Waals surface area (Å²) in [6.07, 6.45) is 5.80. The molecule has 2 aromatic rings. The van der Waals surface area contributed by atoms with E-state index in [0.29, 0.717) is 6.04 Å². The third-order valence-corrected chi connectivity index (χ3v) is 4.70. The topological polar surface area (TPSA) is 45.4 Å². The highest BCUT2D eigenvalue weighted by molar-refractivity contribution is 5.58. The highest BCUT2D eigenvalue weighted by atomic mass is 15.2. The van der Waals surface area contributed by atoms with Gasteiger partial charge >= 0.3 is 0 Å². The van der Waals surface area contributed by atoms with E-state index in [9.17, 15) is 0 Å². The Labute approximate surface area is 138 Å². The van der Waals surface area contributed by atoms with Crippen molar-refractivity contribution in [3.8, 4) is 0 Å². The smallest absolute Gasteiger partial charge is 0.132 e. The molecule has 4 nitrogen and oxygen atoms in total. The number of rotatable bonds is 5. The molecule has 0 radical (unpaired) electrons. The van der Waals surface area contributed by atoms with Crippen LogP contribution in [0.3, 0.4) is 0 Å². The second-order valence-corrected chi connectivity index (χ2v) is 6.27. The molecular formula is C19H26N4. The normalized spacial score (nSPS) is 18.8. The van der Waals surface area contributed by atoms with Gasteiger partial charge < -0.3 is 10.6 Å². The summed E-state index contributed by atoms with van der Waals surface area (Å²) in [5.74, 6) is 0.967. The predicted molar refractivity (Wildman–Crippen MR) is 95.8 cm³/mol. The van der Waals surface area contributed by atoms with Gasteiger partial charge in [-0.2, -0.15) is 0 Å². The first-order valence-corrected chi connectivity index (χ1v) is 8.46. The SMILES string of the molecule is CN(c1ccccc1)c1ccc(CN2CCCCC2CN)cn1. The minimum atomic E-state index is 0.524. The van der Waals surface area contributed by atoms with Gasteiger partial charge in [-0.15, -0.1) is 0 Å². The largest absolute Gasteiger partial charge is 0.329 e. The number of para-hydroxylation sites is 1. The van der Waals surface area contributed by atoms with Gasteiger partial charge in [0.05, 0.1) is 0 Å². The number of aromatic nitrogens is 1. The lowest BCUT2D eigenvalue weighted by molar-refractivity contribution is 0.145. The van der Waals surface area contributed by atoms with E-state index in [-0.39, 0.29) is 0 Å². The molecular weight excluding hydrogens is 284 g/mol. The molecule has 1 saturated heterocycles. The maximum atomic E-state index is 5.91. The standard InChI is InChI=1S/C19H26N4/c1-22(17-7-3-2-4-8-17)19-11-10-16(14-21-19)15-23-12-6-5-9-18(23)13-20/h2-4,7-8,10-11,14,18H,5-6,9,12-13,15,20H2,1H3. The fraction of sp³-hybridized carbons (Fsp3) is 0.421. The highest BCUT2D eigenvalue weighted by Crippen LogP contribution is 2.22. The molecule has 0 saturated carbocycles. The molecule has 0 spiro atoms. The quantitative estimate of drug-likeness (QED) is 0.921. The molecule has 1 aliphatic rings. The number of benzene rings is 1. The van der Waals surface area contributed by atoms with Crippen molar-refractivity contribution >= 4 is 11.5 Å². The first-order valence-electron chi connectivity index (χ1n) is 8.46. The molecule has 1 aromatic carbocycles. The Kier molecular flexibility index (Phi) is 5.26. The number of hydrogen-bond acceptors (Lipinski definition) is 4. The van der Waals surface area contributed by atoms with Gasteiger partial charge in [0.1, 0.15) is 5.82 Å². The summed E-state index contributed by atoms with van der Waals surface area (Å²) in [6.45, 7) is 2.85. The van der Waals surface area contributed by atoms with Gasteiger partial charge in [0.15, 0.2) is 0 Å². The minimum Gasteiger partial charge on any atom is -0.329 e. The molecule has 1 atom stereocenters. The van der Waals surface area contributed by atoms with Crippen molar-refractivity contribution in [1.29, 1.82) is 0 Å². The molecule has 0 amide bonds. The number of hydrogen-bond donors (Lipinski definition) is 1. The predicted octanol–water partition coefficient (Wildman–Crippen LogP) is 3.16. The van der Waals surface area contributed by atoms with E-state index in [2.05, 4.69) is 39.0 Å². The van der Waals surface area contributed by atoms with Crippen molar-refractivity contribution in [2.24, 2.45) is 5.73 Å². The van der Waals surface area contributed by atoms with Crippen LogP contribution < -0.4 is 10.6 Å². The van der Waals surface area contributed by atoms with Crippen molar-refractivity contribution in [2.45, 2.75) is 31.8 Å². The van der Waals surface area contributed by atoms with Crippen molar-refractivity contribution in [3.63, 3.8) is 0 Å². The molecule has 2 heterocycles.